The predicted molar refractivity (Wildman–Crippen MR) is 84.0 cm³/mol. The molecule has 2 aromatic carbocycles. The Labute approximate surface area is 129 Å². The summed E-state index contributed by atoms with van der Waals surface area (Å²) in [6, 6.07) is 14.4. The second-order valence-electron chi connectivity index (χ2n) is 4.28. The highest BCUT2D eigenvalue weighted by molar-refractivity contribution is 5.60. The van der Waals surface area contributed by atoms with E-state index >= 15 is 0 Å². The number of methoxy groups -OCH3 is 1. The fourth-order valence-corrected chi connectivity index (χ4v) is 1.77. The molecule has 0 atom stereocenters. The second kappa shape index (κ2) is 7.72. The SMILES string of the molecule is C=CCONc1cc(C#N)ccc1Oc1ccccc1OC. The van der Waals surface area contributed by atoms with Crippen molar-refractivity contribution in [2.24, 2.45) is 0 Å². The molecule has 0 aromatic heterocycles. The lowest BCUT2D eigenvalue weighted by atomic mass is 10.2. The molecule has 0 unspecified atom stereocenters. The number of hydrogen-bond donors (Lipinski definition) is 1. The van der Waals surface area contributed by atoms with Crippen LogP contribution in [-0.2, 0) is 4.84 Å². The third-order valence-electron chi connectivity index (χ3n) is 2.78. The van der Waals surface area contributed by atoms with Crippen LogP contribution >= 0.6 is 0 Å². The summed E-state index contributed by atoms with van der Waals surface area (Å²) in [4.78, 5) is 5.21. The van der Waals surface area contributed by atoms with Gasteiger partial charge in [-0.3, -0.25) is 10.3 Å². The molecule has 0 aliphatic rings. The van der Waals surface area contributed by atoms with Crippen molar-refractivity contribution >= 4 is 5.69 Å². The van der Waals surface area contributed by atoms with Gasteiger partial charge < -0.3 is 9.47 Å². The van der Waals surface area contributed by atoms with E-state index in [-0.39, 0.29) is 0 Å². The lowest BCUT2D eigenvalue weighted by Gasteiger charge is -2.14. The first-order valence-electron chi connectivity index (χ1n) is 6.62. The van der Waals surface area contributed by atoms with Gasteiger partial charge in [0.25, 0.3) is 0 Å². The number of para-hydroxylation sites is 2. The van der Waals surface area contributed by atoms with E-state index in [1.807, 2.05) is 12.1 Å². The van der Waals surface area contributed by atoms with E-state index < -0.39 is 0 Å². The Morgan fingerprint density at radius 2 is 1.95 bits per heavy atom. The van der Waals surface area contributed by atoms with Crippen molar-refractivity contribution in [2.75, 3.05) is 19.2 Å². The second-order valence-corrected chi connectivity index (χ2v) is 4.28. The molecule has 2 rings (SSSR count). The molecule has 5 heteroatoms. The fourth-order valence-electron chi connectivity index (χ4n) is 1.77. The molecule has 0 spiro atoms. The zero-order chi connectivity index (χ0) is 15.8. The molecule has 0 radical (unpaired) electrons. The molecule has 0 aliphatic heterocycles. The molecule has 1 N–H and O–H groups in total. The monoisotopic (exact) mass is 296 g/mol. The third-order valence-corrected chi connectivity index (χ3v) is 2.78. The van der Waals surface area contributed by atoms with E-state index in [9.17, 15) is 0 Å². The van der Waals surface area contributed by atoms with Gasteiger partial charge >= 0.3 is 0 Å². The zero-order valence-electron chi connectivity index (χ0n) is 12.2. The summed E-state index contributed by atoms with van der Waals surface area (Å²) in [6.07, 6.45) is 1.61. The van der Waals surface area contributed by atoms with Gasteiger partial charge in [-0.15, -0.1) is 6.58 Å². The molecule has 22 heavy (non-hydrogen) atoms. The van der Waals surface area contributed by atoms with Crippen molar-refractivity contribution in [3.8, 4) is 23.3 Å². The van der Waals surface area contributed by atoms with E-state index in [4.69, 9.17) is 19.6 Å². The summed E-state index contributed by atoms with van der Waals surface area (Å²) < 4.78 is 11.1. The van der Waals surface area contributed by atoms with Gasteiger partial charge in [0.15, 0.2) is 17.2 Å². The van der Waals surface area contributed by atoms with Gasteiger partial charge in [0.2, 0.25) is 0 Å². The molecular weight excluding hydrogens is 280 g/mol. The molecule has 0 saturated heterocycles. The van der Waals surface area contributed by atoms with Crippen molar-refractivity contribution in [3.05, 3.63) is 60.7 Å². The van der Waals surface area contributed by atoms with Crippen molar-refractivity contribution in [3.63, 3.8) is 0 Å². The van der Waals surface area contributed by atoms with Gasteiger partial charge in [-0.05, 0) is 30.3 Å². The molecule has 0 saturated carbocycles. The van der Waals surface area contributed by atoms with Crippen LogP contribution in [0, 0.1) is 11.3 Å². The van der Waals surface area contributed by atoms with Crippen LogP contribution in [0.15, 0.2) is 55.1 Å². The standard InChI is InChI=1S/C17H16N2O3/c1-3-10-21-19-14-11-13(12-18)8-9-15(14)22-17-7-5-4-6-16(17)20-2/h3-9,11,19H,1,10H2,2H3. The summed E-state index contributed by atoms with van der Waals surface area (Å²) in [5.74, 6) is 1.71. The normalized spacial score (nSPS) is 9.64. The maximum absolute atomic E-state index is 9.00. The van der Waals surface area contributed by atoms with Gasteiger partial charge in [0.05, 0.1) is 25.3 Å². The van der Waals surface area contributed by atoms with Gasteiger partial charge in [-0.1, -0.05) is 18.2 Å². The number of nitrogens with zero attached hydrogens (tertiary/aromatic N) is 1. The van der Waals surface area contributed by atoms with E-state index in [0.29, 0.717) is 35.1 Å². The summed E-state index contributed by atoms with van der Waals surface area (Å²) in [6.45, 7) is 3.90. The molecule has 0 bridgehead atoms. The average Bonchev–Trinajstić information content (AvgIpc) is 2.57. The number of nitrogens with one attached hydrogen (secondary N) is 1. The van der Waals surface area contributed by atoms with Gasteiger partial charge in [0, 0.05) is 0 Å². The van der Waals surface area contributed by atoms with Gasteiger partial charge in [-0.2, -0.15) is 5.26 Å². The molecule has 0 heterocycles. The quantitative estimate of drug-likeness (QED) is 0.477. The highest BCUT2D eigenvalue weighted by Gasteiger charge is 2.10. The number of hydrogen-bond acceptors (Lipinski definition) is 5. The number of benzene rings is 2. The Morgan fingerprint density at radius 1 is 1.18 bits per heavy atom. The summed E-state index contributed by atoms with van der Waals surface area (Å²) in [7, 11) is 1.58. The van der Waals surface area contributed by atoms with E-state index in [0.717, 1.165) is 0 Å². The van der Waals surface area contributed by atoms with Crippen molar-refractivity contribution in [2.45, 2.75) is 0 Å². The van der Waals surface area contributed by atoms with E-state index in [1.54, 1.807) is 43.5 Å². The van der Waals surface area contributed by atoms with Crippen molar-refractivity contribution in [1.29, 1.82) is 5.26 Å². The van der Waals surface area contributed by atoms with Crippen molar-refractivity contribution < 1.29 is 14.3 Å². The summed E-state index contributed by atoms with van der Waals surface area (Å²) >= 11 is 0. The summed E-state index contributed by atoms with van der Waals surface area (Å²) in [5.41, 5.74) is 3.80. The number of nitriles is 1. The highest BCUT2D eigenvalue weighted by Crippen LogP contribution is 2.35. The minimum atomic E-state index is 0.324. The Balaban J connectivity index is 2.29. The Kier molecular flexibility index (Phi) is 5.41. The maximum atomic E-state index is 9.00. The van der Waals surface area contributed by atoms with E-state index in [1.165, 1.54) is 0 Å². The van der Waals surface area contributed by atoms with Crippen LogP contribution < -0.4 is 15.0 Å². The van der Waals surface area contributed by atoms with Crippen molar-refractivity contribution in [1.82, 2.24) is 0 Å². The van der Waals surface area contributed by atoms with Crippen LogP contribution in [0.4, 0.5) is 5.69 Å². The molecule has 0 fully saturated rings. The fraction of sp³-hybridized carbons (Fsp3) is 0.118. The topological polar surface area (TPSA) is 63.5 Å². The Hall–Kier alpha value is -2.97. The third kappa shape index (κ3) is 3.78. The van der Waals surface area contributed by atoms with Crippen LogP contribution in [0.1, 0.15) is 5.56 Å². The molecular formula is C17H16N2O3. The highest BCUT2D eigenvalue weighted by atomic mass is 16.6. The zero-order valence-corrected chi connectivity index (χ0v) is 12.2. The number of anilines is 1. The van der Waals surface area contributed by atoms with Crippen LogP contribution in [0.25, 0.3) is 0 Å². The van der Waals surface area contributed by atoms with Crippen LogP contribution in [0.2, 0.25) is 0 Å². The molecule has 5 nitrogen and oxygen atoms in total. The predicted octanol–water partition coefficient (Wildman–Crippen LogP) is 3.89. The minimum Gasteiger partial charge on any atom is -0.493 e. The first-order chi connectivity index (χ1) is 10.8. The van der Waals surface area contributed by atoms with Crippen LogP contribution in [0.5, 0.6) is 17.2 Å². The smallest absolute Gasteiger partial charge is 0.169 e. The first-order valence-corrected chi connectivity index (χ1v) is 6.62. The van der Waals surface area contributed by atoms with Crippen LogP contribution in [-0.4, -0.2) is 13.7 Å². The van der Waals surface area contributed by atoms with Crippen LogP contribution in [0.3, 0.4) is 0 Å². The molecule has 2 aromatic rings. The van der Waals surface area contributed by atoms with Gasteiger partial charge in [0.1, 0.15) is 5.69 Å². The Morgan fingerprint density at radius 3 is 2.64 bits per heavy atom. The molecule has 112 valence electrons. The summed E-state index contributed by atoms with van der Waals surface area (Å²) in [5, 5.41) is 9.00. The van der Waals surface area contributed by atoms with Gasteiger partial charge in [-0.25, -0.2) is 0 Å². The lowest BCUT2D eigenvalue weighted by molar-refractivity contribution is 0.227. The molecule has 0 aliphatic carbocycles. The van der Waals surface area contributed by atoms with E-state index in [2.05, 4.69) is 18.1 Å². The number of rotatable bonds is 7. The largest absolute Gasteiger partial charge is 0.493 e. The maximum Gasteiger partial charge on any atom is 0.169 e. The Bertz CT molecular complexity index is 693. The molecule has 0 amide bonds. The minimum absolute atomic E-state index is 0.324. The average molecular weight is 296 g/mol. The first kappa shape index (κ1) is 15.4. The lowest BCUT2D eigenvalue weighted by Crippen LogP contribution is -2.03. The number of ether oxygens (including phenoxy) is 2.